The van der Waals surface area contributed by atoms with Gasteiger partial charge in [0.2, 0.25) is 0 Å². The third-order valence-electron chi connectivity index (χ3n) is 3.10. The maximum atomic E-state index is 12.7. The summed E-state index contributed by atoms with van der Waals surface area (Å²) in [6.07, 6.45) is 2.72. The topological polar surface area (TPSA) is 88.1 Å². The summed E-state index contributed by atoms with van der Waals surface area (Å²) in [4.78, 5) is 22.5. The minimum absolute atomic E-state index is 0.162. The second kappa shape index (κ2) is 13.7. The van der Waals surface area contributed by atoms with Gasteiger partial charge in [-0.15, -0.1) is 0 Å². The SMILES string of the molecule is C=C(C)C(=O)OCCCOP(=O)(CCCC)OCCCOC(=O)C(=C)C. The maximum Gasteiger partial charge on any atom is 0.333 e. The lowest BCUT2D eigenvalue weighted by atomic mass is 10.4. The molecule has 0 saturated carbocycles. The van der Waals surface area contributed by atoms with Crippen molar-refractivity contribution in [2.75, 3.05) is 32.6 Å². The van der Waals surface area contributed by atoms with E-state index >= 15 is 0 Å². The Hall–Kier alpha value is -1.43. The highest BCUT2D eigenvalue weighted by atomic mass is 31.2. The zero-order valence-electron chi connectivity index (χ0n) is 16.1. The zero-order valence-corrected chi connectivity index (χ0v) is 17.0. The lowest BCUT2D eigenvalue weighted by Crippen LogP contribution is -2.10. The maximum absolute atomic E-state index is 12.7. The Morgan fingerprint density at radius 3 is 1.58 bits per heavy atom. The van der Waals surface area contributed by atoms with Gasteiger partial charge in [0.15, 0.2) is 0 Å². The predicted octanol–water partition coefficient (Wildman–Crippen LogP) is 4.03. The highest BCUT2D eigenvalue weighted by molar-refractivity contribution is 7.53. The van der Waals surface area contributed by atoms with Gasteiger partial charge in [-0.1, -0.05) is 26.5 Å². The minimum Gasteiger partial charge on any atom is -0.462 e. The molecule has 0 aromatic heterocycles. The molecule has 0 spiro atoms. The van der Waals surface area contributed by atoms with E-state index in [1.165, 1.54) is 0 Å². The van der Waals surface area contributed by atoms with Crippen LogP contribution in [0.1, 0.15) is 46.5 Å². The molecular weight excluding hydrogens is 359 g/mol. The molecule has 0 atom stereocenters. The smallest absolute Gasteiger partial charge is 0.333 e. The van der Waals surface area contributed by atoms with Crippen LogP contribution in [0.25, 0.3) is 0 Å². The molecule has 0 fully saturated rings. The standard InChI is InChI=1S/C18H31O7P/c1-6-7-14-26(21,24-12-8-10-22-17(19)15(2)3)25-13-9-11-23-18(20)16(4)5/h2,4,6-14H2,1,3,5H3. The van der Waals surface area contributed by atoms with Crippen LogP contribution in [0.5, 0.6) is 0 Å². The molecule has 7 nitrogen and oxygen atoms in total. The third-order valence-corrected chi connectivity index (χ3v) is 5.12. The van der Waals surface area contributed by atoms with Gasteiger partial charge < -0.3 is 18.5 Å². The van der Waals surface area contributed by atoms with Crippen molar-refractivity contribution in [3.8, 4) is 0 Å². The Bertz CT molecular complexity index is 488. The van der Waals surface area contributed by atoms with E-state index in [0.717, 1.165) is 6.42 Å². The Morgan fingerprint density at radius 1 is 0.808 bits per heavy atom. The largest absolute Gasteiger partial charge is 0.462 e. The summed E-state index contributed by atoms with van der Waals surface area (Å²) >= 11 is 0. The van der Waals surface area contributed by atoms with Crippen molar-refractivity contribution in [2.45, 2.75) is 46.5 Å². The Labute approximate surface area is 156 Å². The molecule has 0 aromatic rings. The fraction of sp³-hybridized carbons (Fsp3) is 0.667. The summed E-state index contributed by atoms with van der Waals surface area (Å²) in [7, 11) is -3.22. The van der Waals surface area contributed by atoms with Gasteiger partial charge >= 0.3 is 19.5 Å². The molecule has 8 heteroatoms. The van der Waals surface area contributed by atoms with Crippen LogP contribution < -0.4 is 0 Å². The van der Waals surface area contributed by atoms with Crippen molar-refractivity contribution in [1.29, 1.82) is 0 Å². The molecule has 0 aliphatic carbocycles. The monoisotopic (exact) mass is 390 g/mol. The highest BCUT2D eigenvalue weighted by Crippen LogP contribution is 2.49. The van der Waals surface area contributed by atoms with E-state index in [0.29, 0.717) is 36.6 Å². The van der Waals surface area contributed by atoms with Gasteiger partial charge in [-0.2, -0.15) is 0 Å². The number of rotatable bonds is 15. The van der Waals surface area contributed by atoms with Crippen molar-refractivity contribution in [3.63, 3.8) is 0 Å². The molecule has 0 heterocycles. The molecule has 0 unspecified atom stereocenters. The molecule has 26 heavy (non-hydrogen) atoms. The van der Waals surface area contributed by atoms with Gasteiger partial charge in [0.25, 0.3) is 0 Å². The second-order valence-electron chi connectivity index (χ2n) is 5.89. The fourth-order valence-electron chi connectivity index (χ4n) is 1.62. The average molecular weight is 390 g/mol. The van der Waals surface area contributed by atoms with Crippen LogP contribution in [0, 0.1) is 0 Å². The number of ether oxygens (including phenoxy) is 2. The third kappa shape index (κ3) is 12.0. The summed E-state index contributed by atoms with van der Waals surface area (Å²) in [6, 6.07) is 0. The summed E-state index contributed by atoms with van der Waals surface area (Å²) in [5, 5.41) is 0. The summed E-state index contributed by atoms with van der Waals surface area (Å²) in [5.41, 5.74) is 0.658. The molecule has 0 aliphatic heterocycles. The van der Waals surface area contributed by atoms with E-state index in [2.05, 4.69) is 13.2 Å². The number of unbranched alkanes of at least 4 members (excludes halogenated alkanes) is 1. The molecule has 0 saturated heterocycles. The van der Waals surface area contributed by atoms with Crippen LogP contribution in [0.4, 0.5) is 0 Å². The number of carbonyl (C=O) groups excluding carboxylic acids is 2. The summed E-state index contributed by atoms with van der Waals surface area (Å²) in [6.45, 7) is 12.8. The Kier molecular flexibility index (Phi) is 13.0. The molecule has 0 amide bonds. The van der Waals surface area contributed by atoms with Crippen molar-refractivity contribution in [1.82, 2.24) is 0 Å². The highest BCUT2D eigenvalue weighted by Gasteiger charge is 2.23. The van der Waals surface area contributed by atoms with E-state index in [4.69, 9.17) is 18.5 Å². The quantitative estimate of drug-likeness (QED) is 0.180. The van der Waals surface area contributed by atoms with E-state index in [9.17, 15) is 14.2 Å². The van der Waals surface area contributed by atoms with E-state index in [1.807, 2.05) is 6.92 Å². The van der Waals surface area contributed by atoms with Crippen molar-refractivity contribution in [2.24, 2.45) is 0 Å². The summed E-state index contributed by atoms with van der Waals surface area (Å²) < 4.78 is 33.5. The molecule has 0 N–H and O–H groups in total. The Morgan fingerprint density at radius 2 is 1.23 bits per heavy atom. The first kappa shape index (κ1) is 24.6. The van der Waals surface area contributed by atoms with Gasteiger partial charge in [-0.3, -0.25) is 4.57 Å². The normalized spacial score (nSPS) is 11.0. The van der Waals surface area contributed by atoms with Crippen LogP contribution in [-0.2, 0) is 32.7 Å². The van der Waals surface area contributed by atoms with Gasteiger partial charge in [-0.25, -0.2) is 9.59 Å². The van der Waals surface area contributed by atoms with E-state index < -0.39 is 19.5 Å². The van der Waals surface area contributed by atoms with Crippen LogP contribution in [0.2, 0.25) is 0 Å². The molecule has 0 rings (SSSR count). The van der Waals surface area contributed by atoms with Gasteiger partial charge in [-0.05, 0) is 20.3 Å². The lowest BCUT2D eigenvalue weighted by Gasteiger charge is -2.18. The Balaban J connectivity index is 4.15. The second-order valence-corrected chi connectivity index (χ2v) is 8.08. The predicted molar refractivity (Wildman–Crippen MR) is 100 cm³/mol. The first-order valence-corrected chi connectivity index (χ1v) is 10.5. The number of esters is 2. The molecular formula is C18H31O7P. The first-order valence-electron chi connectivity index (χ1n) is 8.75. The molecule has 0 aromatic carbocycles. The number of hydrogen-bond donors (Lipinski definition) is 0. The van der Waals surface area contributed by atoms with Gasteiger partial charge in [0.1, 0.15) is 0 Å². The van der Waals surface area contributed by atoms with Crippen LogP contribution in [0.15, 0.2) is 24.3 Å². The number of carbonyl (C=O) groups is 2. The van der Waals surface area contributed by atoms with E-state index in [-0.39, 0.29) is 26.4 Å². The van der Waals surface area contributed by atoms with Crippen LogP contribution >= 0.6 is 7.60 Å². The van der Waals surface area contributed by atoms with Crippen molar-refractivity contribution >= 4 is 19.5 Å². The molecule has 150 valence electrons. The molecule has 0 aliphatic rings. The van der Waals surface area contributed by atoms with Crippen LogP contribution in [0.3, 0.4) is 0 Å². The number of hydrogen-bond acceptors (Lipinski definition) is 7. The van der Waals surface area contributed by atoms with Gasteiger partial charge in [0, 0.05) is 24.0 Å². The van der Waals surface area contributed by atoms with Gasteiger partial charge in [0.05, 0.1) is 32.6 Å². The van der Waals surface area contributed by atoms with Crippen LogP contribution in [-0.4, -0.2) is 44.5 Å². The van der Waals surface area contributed by atoms with E-state index in [1.54, 1.807) is 13.8 Å². The minimum atomic E-state index is -3.22. The first-order chi connectivity index (χ1) is 12.2. The zero-order chi connectivity index (χ0) is 20.0. The van der Waals surface area contributed by atoms with Crippen molar-refractivity contribution < 1.29 is 32.7 Å². The average Bonchev–Trinajstić information content (AvgIpc) is 2.58. The van der Waals surface area contributed by atoms with Crippen molar-refractivity contribution in [3.05, 3.63) is 24.3 Å². The molecule has 0 bridgehead atoms. The molecule has 0 radical (unpaired) electrons. The lowest BCUT2D eigenvalue weighted by molar-refractivity contribution is -0.140. The summed E-state index contributed by atoms with van der Waals surface area (Å²) in [5.74, 6) is -0.917. The fourth-order valence-corrected chi connectivity index (χ4v) is 3.47.